The third-order valence-electron chi connectivity index (χ3n) is 4.29. The zero-order valence-corrected chi connectivity index (χ0v) is 10.0. The van der Waals surface area contributed by atoms with Gasteiger partial charge in [-0.05, 0) is 25.7 Å². The first-order valence-electron chi connectivity index (χ1n) is 6.22. The topological polar surface area (TPSA) is 69.7 Å². The fourth-order valence-corrected chi connectivity index (χ4v) is 3.47. The molecule has 0 aromatic carbocycles. The first-order valence-corrected chi connectivity index (χ1v) is 6.22. The molecule has 0 aromatic heterocycles. The minimum atomic E-state index is -0.987. The van der Waals surface area contributed by atoms with Gasteiger partial charge in [0, 0.05) is 0 Å². The van der Waals surface area contributed by atoms with Crippen LogP contribution in [0.25, 0.3) is 0 Å². The van der Waals surface area contributed by atoms with Crippen LogP contribution in [0.5, 0.6) is 0 Å². The smallest absolute Gasteiger partial charge is 0.318 e. The molecule has 0 spiro atoms. The molecule has 1 aliphatic heterocycles. The molecular formula is C13H14O5. The van der Waals surface area contributed by atoms with E-state index in [0.717, 1.165) is 6.42 Å². The van der Waals surface area contributed by atoms with Crippen molar-refractivity contribution in [3.8, 4) is 0 Å². The summed E-state index contributed by atoms with van der Waals surface area (Å²) < 4.78 is 9.80. The van der Waals surface area contributed by atoms with Crippen LogP contribution in [0.15, 0.2) is 12.2 Å². The second-order valence-corrected chi connectivity index (χ2v) is 5.07. The predicted molar refractivity (Wildman–Crippen MR) is 59.0 cm³/mol. The molecule has 4 unspecified atom stereocenters. The highest BCUT2D eigenvalue weighted by Gasteiger charge is 2.65. The molecule has 4 atom stereocenters. The number of esters is 3. The van der Waals surface area contributed by atoms with Crippen LogP contribution in [0.1, 0.15) is 19.8 Å². The van der Waals surface area contributed by atoms with E-state index in [1.807, 2.05) is 6.08 Å². The summed E-state index contributed by atoms with van der Waals surface area (Å²) in [4.78, 5) is 35.7. The number of rotatable bonds is 2. The van der Waals surface area contributed by atoms with E-state index in [9.17, 15) is 14.4 Å². The minimum absolute atomic E-state index is 0.0188. The average molecular weight is 250 g/mol. The van der Waals surface area contributed by atoms with Gasteiger partial charge in [0.15, 0.2) is 0 Å². The molecule has 5 heteroatoms. The fraction of sp³-hybridized carbons (Fsp3) is 0.615. The molecule has 4 rings (SSSR count). The molecule has 0 aromatic rings. The molecule has 1 saturated carbocycles. The van der Waals surface area contributed by atoms with Crippen LogP contribution < -0.4 is 0 Å². The fourth-order valence-electron chi connectivity index (χ4n) is 3.47. The Morgan fingerprint density at radius 3 is 2.89 bits per heavy atom. The Morgan fingerprint density at radius 1 is 1.50 bits per heavy atom. The SMILES string of the molecule is CCOC(=O)C12C=CC(CC1)C1C(=O)OC(=O)C12. The molecular weight excluding hydrogens is 236 g/mol. The second-order valence-electron chi connectivity index (χ2n) is 5.07. The summed E-state index contributed by atoms with van der Waals surface area (Å²) in [5, 5.41) is 0. The van der Waals surface area contributed by atoms with Crippen LogP contribution in [-0.2, 0) is 23.9 Å². The quantitative estimate of drug-likeness (QED) is 0.412. The number of carbonyl (C=O) groups is 3. The van der Waals surface area contributed by atoms with Crippen molar-refractivity contribution < 1.29 is 23.9 Å². The van der Waals surface area contributed by atoms with Crippen molar-refractivity contribution in [1.29, 1.82) is 0 Å². The van der Waals surface area contributed by atoms with Crippen molar-refractivity contribution in [2.75, 3.05) is 6.61 Å². The van der Waals surface area contributed by atoms with Gasteiger partial charge in [-0.15, -0.1) is 0 Å². The lowest BCUT2D eigenvalue weighted by Crippen LogP contribution is -2.51. The van der Waals surface area contributed by atoms with Crippen molar-refractivity contribution in [3.63, 3.8) is 0 Å². The zero-order valence-electron chi connectivity index (χ0n) is 10.0. The van der Waals surface area contributed by atoms with E-state index in [1.165, 1.54) is 0 Å². The minimum Gasteiger partial charge on any atom is -0.465 e. The van der Waals surface area contributed by atoms with Crippen molar-refractivity contribution >= 4 is 17.9 Å². The van der Waals surface area contributed by atoms with Crippen molar-refractivity contribution in [2.45, 2.75) is 19.8 Å². The van der Waals surface area contributed by atoms with Gasteiger partial charge in [-0.2, -0.15) is 0 Å². The van der Waals surface area contributed by atoms with Gasteiger partial charge in [-0.1, -0.05) is 12.2 Å². The number of allylic oxidation sites excluding steroid dienone is 1. The maximum Gasteiger partial charge on any atom is 0.318 e. The predicted octanol–water partition coefficient (Wildman–Crippen LogP) is 0.831. The normalized spacial score (nSPS) is 40.6. The van der Waals surface area contributed by atoms with Gasteiger partial charge >= 0.3 is 17.9 Å². The van der Waals surface area contributed by atoms with E-state index < -0.39 is 35.2 Å². The van der Waals surface area contributed by atoms with Crippen molar-refractivity contribution in [3.05, 3.63) is 12.2 Å². The summed E-state index contributed by atoms with van der Waals surface area (Å²) in [5.41, 5.74) is -0.987. The molecule has 5 nitrogen and oxygen atoms in total. The van der Waals surface area contributed by atoms with E-state index in [-0.39, 0.29) is 12.5 Å². The molecule has 3 aliphatic carbocycles. The van der Waals surface area contributed by atoms with Crippen LogP contribution >= 0.6 is 0 Å². The Kier molecular flexibility index (Phi) is 2.33. The highest BCUT2D eigenvalue weighted by molar-refractivity contribution is 6.01. The number of carbonyl (C=O) groups excluding carboxylic acids is 3. The molecule has 4 aliphatic rings. The Hall–Kier alpha value is -1.65. The van der Waals surface area contributed by atoms with Crippen molar-refractivity contribution in [1.82, 2.24) is 0 Å². The summed E-state index contributed by atoms with van der Waals surface area (Å²) in [6, 6.07) is 0. The highest BCUT2D eigenvalue weighted by Crippen LogP contribution is 2.56. The van der Waals surface area contributed by atoms with E-state index in [2.05, 4.69) is 0 Å². The Morgan fingerprint density at radius 2 is 2.28 bits per heavy atom. The summed E-state index contributed by atoms with van der Waals surface area (Å²) in [6.45, 7) is 1.99. The maximum atomic E-state index is 12.2. The molecule has 2 bridgehead atoms. The van der Waals surface area contributed by atoms with Gasteiger partial charge in [0.1, 0.15) is 5.41 Å². The molecule has 0 radical (unpaired) electrons. The molecule has 18 heavy (non-hydrogen) atoms. The molecule has 1 saturated heterocycles. The standard InChI is InChI=1S/C13H14O5/c1-2-17-12(16)13-5-3-7(4-6-13)8-9(13)11(15)18-10(8)14/h3,5,7-9H,2,4,6H2,1H3. The van der Waals surface area contributed by atoms with Crippen LogP contribution in [-0.4, -0.2) is 24.5 Å². The molecule has 0 amide bonds. The second kappa shape index (κ2) is 3.67. The molecule has 0 N–H and O–H groups in total. The maximum absolute atomic E-state index is 12.2. The lowest BCUT2D eigenvalue weighted by molar-refractivity contribution is -0.165. The summed E-state index contributed by atoms with van der Waals surface area (Å²) >= 11 is 0. The van der Waals surface area contributed by atoms with E-state index in [4.69, 9.17) is 9.47 Å². The summed E-state index contributed by atoms with van der Waals surface area (Å²) in [7, 11) is 0. The van der Waals surface area contributed by atoms with E-state index >= 15 is 0 Å². The van der Waals surface area contributed by atoms with Gasteiger partial charge in [0.05, 0.1) is 18.4 Å². The summed E-state index contributed by atoms with van der Waals surface area (Å²) in [6.07, 6.45) is 4.89. The highest BCUT2D eigenvalue weighted by atomic mass is 16.6. The molecule has 96 valence electrons. The van der Waals surface area contributed by atoms with Crippen LogP contribution in [0.3, 0.4) is 0 Å². The largest absolute Gasteiger partial charge is 0.465 e. The zero-order chi connectivity index (χ0) is 12.9. The monoisotopic (exact) mass is 250 g/mol. The summed E-state index contributed by atoms with van der Waals surface area (Å²) in [5.74, 6) is -2.65. The van der Waals surface area contributed by atoms with Gasteiger partial charge < -0.3 is 9.47 Å². The lowest BCUT2D eigenvalue weighted by atomic mass is 9.55. The Labute approximate surface area is 104 Å². The average Bonchev–Trinajstić information content (AvgIpc) is 2.69. The molecule has 1 heterocycles. The lowest BCUT2D eigenvalue weighted by Gasteiger charge is -2.45. The van der Waals surface area contributed by atoms with Gasteiger partial charge in [0.2, 0.25) is 0 Å². The number of hydrogen-bond acceptors (Lipinski definition) is 5. The Balaban J connectivity index is 2.05. The van der Waals surface area contributed by atoms with Gasteiger partial charge in [-0.3, -0.25) is 14.4 Å². The first kappa shape index (κ1) is 11.4. The van der Waals surface area contributed by atoms with Crippen LogP contribution in [0.4, 0.5) is 0 Å². The van der Waals surface area contributed by atoms with Gasteiger partial charge in [0.25, 0.3) is 0 Å². The number of hydrogen-bond donors (Lipinski definition) is 0. The van der Waals surface area contributed by atoms with Gasteiger partial charge in [-0.25, -0.2) is 0 Å². The number of ether oxygens (including phenoxy) is 2. The third kappa shape index (κ3) is 1.24. The Bertz CT molecular complexity index is 466. The number of fused-ring (bicyclic) bond motifs is 1. The first-order chi connectivity index (χ1) is 8.60. The molecule has 2 fully saturated rings. The van der Waals surface area contributed by atoms with E-state index in [1.54, 1.807) is 13.0 Å². The van der Waals surface area contributed by atoms with E-state index in [0.29, 0.717) is 6.42 Å². The number of cyclic esters (lactones) is 2. The van der Waals surface area contributed by atoms with Crippen molar-refractivity contribution in [2.24, 2.45) is 23.2 Å². The van der Waals surface area contributed by atoms with Crippen LogP contribution in [0.2, 0.25) is 0 Å². The van der Waals surface area contributed by atoms with Crippen LogP contribution in [0, 0.1) is 23.2 Å². The third-order valence-corrected chi connectivity index (χ3v) is 4.29.